The minimum atomic E-state index is 0.782. The molecule has 0 radical (unpaired) electrons. The highest BCUT2D eigenvalue weighted by atomic mass is 15.2. The molecular formula is C13H22N4. The predicted octanol–water partition coefficient (Wildman–Crippen LogP) is 1.85. The Balaban J connectivity index is 1.93. The molecule has 4 nitrogen and oxygen atoms in total. The maximum absolute atomic E-state index is 5.40. The van der Waals surface area contributed by atoms with Gasteiger partial charge in [-0.1, -0.05) is 13.8 Å². The second-order valence-corrected chi connectivity index (χ2v) is 5.21. The molecule has 1 unspecified atom stereocenters. The Kier molecular flexibility index (Phi) is 3.97. The number of hydrogen-bond donors (Lipinski definition) is 2. The van der Waals surface area contributed by atoms with E-state index in [1.807, 2.05) is 12.1 Å². The Bertz CT molecular complexity index is 364. The zero-order valence-electron chi connectivity index (χ0n) is 10.7. The van der Waals surface area contributed by atoms with Crippen LogP contribution in [0.2, 0.25) is 0 Å². The summed E-state index contributed by atoms with van der Waals surface area (Å²) < 4.78 is 0. The van der Waals surface area contributed by atoms with Gasteiger partial charge in [-0.2, -0.15) is 0 Å². The molecule has 0 spiro atoms. The topological polar surface area (TPSA) is 54.2 Å². The summed E-state index contributed by atoms with van der Waals surface area (Å²) in [6.45, 7) is 7.93. The van der Waals surface area contributed by atoms with Crippen molar-refractivity contribution in [2.75, 3.05) is 18.5 Å². The SMILES string of the molecule is CC(C)C1CCN(Cc2cc(NN)ccn2)C1. The number of nitrogens with two attached hydrogens (primary N) is 1. The molecule has 1 fully saturated rings. The summed E-state index contributed by atoms with van der Waals surface area (Å²) in [6, 6.07) is 3.90. The van der Waals surface area contributed by atoms with Gasteiger partial charge in [0, 0.05) is 19.3 Å². The number of nitrogen functional groups attached to an aromatic ring is 1. The fourth-order valence-electron chi connectivity index (χ4n) is 2.43. The lowest BCUT2D eigenvalue weighted by Gasteiger charge is -2.17. The van der Waals surface area contributed by atoms with Crippen LogP contribution >= 0.6 is 0 Å². The minimum absolute atomic E-state index is 0.782. The lowest BCUT2D eigenvalue weighted by Crippen LogP contribution is -2.22. The number of aromatic nitrogens is 1. The lowest BCUT2D eigenvalue weighted by molar-refractivity contribution is 0.294. The number of rotatable bonds is 4. The Morgan fingerprint density at radius 2 is 2.41 bits per heavy atom. The number of hydrogen-bond acceptors (Lipinski definition) is 4. The van der Waals surface area contributed by atoms with Crippen LogP contribution in [-0.2, 0) is 6.54 Å². The van der Waals surface area contributed by atoms with E-state index in [1.165, 1.54) is 19.5 Å². The van der Waals surface area contributed by atoms with Crippen molar-refractivity contribution in [2.45, 2.75) is 26.8 Å². The van der Waals surface area contributed by atoms with Gasteiger partial charge in [-0.05, 0) is 36.9 Å². The second-order valence-electron chi connectivity index (χ2n) is 5.21. The summed E-state index contributed by atoms with van der Waals surface area (Å²) in [5.41, 5.74) is 4.67. The number of likely N-dealkylation sites (tertiary alicyclic amines) is 1. The van der Waals surface area contributed by atoms with Crippen LogP contribution in [0.15, 0.2) is 18.3 Å². The first-order chi connectivity index (χ1) is 8.19. The summed E-state index contributed by atoms with van der Waals surface area (Å²) in [7, 11) is 0. The molecule has 94 valence electrons. The third-order valence-corrected chi connectivity index (χ3v) is 3.62. The normalized spacial score (nSPS) is 21.1. The minimum Gasteiger partial charge on any atom is -0.324 e. The molecule has 0 aromatic carbocycles. The monoisotopic (exact) mass is 234 g/mol. The molecule has 1 aliphatic rings. The third-order valence-electron chi connectivity index (χ3n) is 3.62. The Morgan fingerprint density at radius 1 is 1.59 bits per heavy atom. The smallest absolute Gasteiger partial charge is 0.0564 e. The van der Waals surface area contributed by atoms with Gasteiger partial charge >= 0.3 is 0 Å². The molecule has 1 saturated heterocycles. The summed E-state index contributed by atoms with van der Waals surface area (Å²) >= 11 is 0. The highest BCUT2D eigenvalue weighted by Gasteiger charge is 2.24. The molecule has 0 amide bonds. The van der Waals surface area contributed by atoms with E-state index in [0.29, 0.717) is 0 Å². The molecule has 4 heteroatoms. The van der Waals surface area contributed by atoms with Crippen molar-refractivity contribution in [3.8, 4) is 0 Å². The quantitative estimate of drug-likeness (QED) is 0.616. The van der Waals surface area contributed by atoms with Gasteiger partial charge in [-0.3, -0.25) is 15.7 Å². The molecule has 0 bridgehead atoms. The van der Waals surface area contributed by atoms with E-state index < -0.39 is 0 Å². The second kappa shape index (κ2) is 5.47. The highest BCUT2D eigenvalue weighted by molar-refractivity contribution is 5.41. The average Bonchev–Trinajstić information content (AvgIpc) is 2.78. The summed E-state index contributed by atoms with van der Waals surface area (Å²) in [4.78, 5) is 6.86. The molecule has 3 N–H and O–H groups in total. The molecular weight excluding hydrogens is 212 g/mol. The van der Waals surface area contributed by atoms with Crippen LogP contribution in [0.5, 0.6) is 0 Å². The van der Waals surface area contributed by atoms with Gasteiger partial charge in [0.05, 0.1) is 11.4 Å². The van der Waals surface area contributed by atoms with Crippen LogP contribution in [0, 0.1) is 11.8 Å². The maximum Gasteiger partial charge on any atom is 0.0564 e. The van der Waals surface area contributed by atoms with Crippen molar-refractivity contribution in [1.82, 2.24) is 9.88 Å². The predicted molar refractivity (Wildman–Crippen MR) is 70.3 cm³/mol. The van der Waals surface area contributed by atoms with Gasteiger partial charge in [0.25, 0.3) is 0 Å². The first-order valence-electron chi connectivity index (χ1n) is 6.33. The number of nitrogens with zero attached hydrogens (tertiary/aromatic N) is 2. The number of nitrogens with one attached hydrogen (secondary N) is 1. The zero-order chi connectivity index (χ0) is 12.3. The van der Waals surface area contributed by atoms with Crippen LogP contribution in [0.4, 0.5) is 5.69 Å². The van der Waals surface area contributed by atoms with Crippen LogP contribution in [0.1, 0.15) is 26.0 Å². The van der Waals surface area contributed by atoms with Crippen molar-refractivity contribution >= 4 is 5.69 Å². The Hall–Kier alpha value is -1.13. The van der Waals surface area contributed by atoms with Crippen molar-refractivity contribution in [3.05, 3.63) is 24.0 Å². The van der Waals surface area contributed by atoms with E-state index in [4.69, 9.17) is 5.84 Å². The fourth-order valence-corrected chi connectivity index (χ4v) is 2.43. The molecule has 1 aromatic heterocycles. The van der Waals surface area contributed by atoms with Crippen LogP contribution in [0.25, 0.3) is 0 Å². The lowest BCUT2D eigenvalue weighted by atomic mass is 9.95. The fraction of sp³-hybridized carbons (Fsp3) is 0.615. The molecule has 2 heterocycles. The third kappa shape index (κ3) is 3.17. The molecule has 2 rings (SSSR count). The van der Waals surface area contributed by atoms with E-state index >= 15 is 0 Å². The van der Waals surface area contributed by atoms with Gasteiger partial charge in [-0.25, -0.2) is 0 Å². The van der Waals surface area contributed by atoms with E-state index in [2.05, 4.69) is 29.2 Å². The Morgan fingerprint density at radius 3 is 3.06 bits per heavy atom. The molecule has 0 saturated carbocycles. The van der Waals surface area contributed by atoms with Crippen LogP contribution < -0.4 is 11.3 Å². The zero-order valence-corrected chi connectivity index (χ0v) is 10.7. The highest BCUT2D eigenvalue weighted by Crippen LogP contribution is 2.24. The average molecular weight is 234 g/mol. The summed E-state index contributed by atoms with van der Waals surface area (Å²) in [5.74, 6) is 7.02. The molecule has 17 heavy (non-hydrogen) atoms. The number of anilines is 1. The van der Waals surface area contributed by atoms with Crippen LogP contribution in [-0.4, -0.2) is 23.0 Å². The van der Waals surface area contributed by atoms with Gasteiger partial charge in [0.1, 0.15) is 0 Å². The van der Waals surface area contributed by atoms with E-state index in [-0.39, 0.29) is 0 Å². The van der Waals surface area contributed by atoms with Crippen LogP contribution in [0.3, 0.4) is 0 Å². The van der Waals surface area contributed by atoms with Gasteiger partial charge in [0.15, 0.2) is 0 Å². The standard InChI is InChI=1S/C13H22N4/c1-10(2)11-4-6-17(8-11)9-13-7-12(16-14)3-5-15-13/h3,5,7,10-11H,4,6,8-9,14H2,1-2H3,(H,15,16). The van der Waals surface area contributed by atoms with Gasteiger partial charge in [-0.15, -0.1) is 0 Å². The molecule has 1 aromatic rings. The van der Waals surface area contributed by atoms with E-state index in [1.54, 1.807) is 6.20 Å². The summed E-state index contributed by atoms with van der Waals surface area (Å²) in [6.07, 6.45) is 3.12. The van der Waals surface area contributed by atoms with E-state index in [0.717, 1.165) is 29.8 Å². The van der Waals surface area contributed by atoms with Crippen molar-refractivity contribution in [2.24, 2.45) is 17.7 Å². The van der Waals surface area contributed by atoms with Crippen molar-refractivity contribution < 1.29 is 0 Å². The largest absolute Gasteiger partial charge is 0.324 e. The van der Waals surface area contributed by atoms with E-state index in [9.17, 15) is 0 Å². The molecule has 1 aliphatic heterocycles. The maximum atomic E-state index is 5.40. The molecule has 1 atom stereocenters. The molecule has 0 aliphatic carbocycles. The van der Waals surface area contributed by atoms with Crippen molar-refractivity contribution in [3.63, 3.8) is 0 Å². The Labute approximate surface area is 103 Å². The number of hydrazine groups is 1. The van der Waals surface area contributed by atoms with Crippen molar-refractivity contribution in [1.29, 1.82) is 0 Å². The first-order valence-corrected chi connectivity index (χ1v) is 6.33. The summed E-state index contributed by atoms with van der Waals surface area (Å²) in [5, 5.41) is 0. The first kappa shape index (κ1) is 12.3. The number of pyridine rings is 1. The van der Waals surface area contributed by atoms with Gasteiger partial charge in [0.2, 0.25) is 0 Å². The van der Waals surface area contributed by atoms with Gasteiger partial charge < -0.3 is 5.43 Å².